The van der Waals surface area contributed by atoms with E-state index in [1.54, 1.807) is 20.8 Å². The van der Waals surface area contributed by atoms with Crippen molar-refractivity contribution in [3.05, 3.63) is 21.7 Å². The number of amides is 2. The molecule has 0 aliphatic carbocycles. The highest BCUT2D eigenvalue weighted by Gasteiger charge is 2.51. The quantitative estimate of drug-likeness (QED) is 0.373. The summed E-state index contributed by atoms with van der Waals surface area (Å²) in [5.41, 5.74) is 0.330. The van der Waals surface area contributed by atoms with Crippen molar-refractivity contribution in [3.8, 4) is 0 Å². The standard InChI is InChI=1S/C29H45N3O6S/c1-8-30-28(37)32-21-11-9-10-16(2)26(35)18(4)27(36)29(6,7)24(33)14-25(34)38-23(13-22(21)32)17(3)12-20-15-39-19(5)31-20/h12,15-16,18,21-24,26,33,35H,8-11,13-14H2,1-7H3,(H,30,37)/t16-,18+,21+,22-,23-,24-,26-,32?/m0/s1. The van der Waals surface area contributed by atoms with Crippen LogP contribution in [0.3, 0.4) is 0 Å². The molecule has 2 aliphatic rings. The number of rotatable bonds is 3. The van der Waals surface area contributed by atoms with Crippen molar-refractivity contribution < 1.29 is 29.3 Å². The Morgan fingerprint density at radius 2 is 1.95 bits per heavy atom. The molecule has 2 amide bonds. The van der Waals surface area contributed by atoms with Crippen molar-refractivity contribution in [2.75, 3.05) is 6.54 Å². The lowest BCUT2D eigenvalue weighted by Gasteiger charge is -2.34. The average molecular weight is 564 g/mol. The highest BCUT2D eigenvalue weighted by atomic mass is 32.1. The summed E-state index contributed by atoms with van der Waals surface area (Å²) in [6.07, 6.45) is 1.42. The fraction of sp³-hybridized carbons (Fsp3) is 0.724. The maximum Gasteiger partial charge on any atom is 0.318 e. The van der Waals surface area contributed by atoms with Crippen LogP contribution in [0.2, 0.25) is 0 Å². The van der Waals surface area contributed by atoms with Crippen LogP contribution in [0.15, 0.2) is 11.0 Å². The monoisotopic (exact) mass is 563 g/mol. The molecule has 3 heterocycles. The van der Waals surface area contributed by atoms with E-state index in [1.807, 2.05) is 44.1 Å². The summed E-state index contributed by atoms with van der Waals surface area (Å²) in [6.45, 7) is 13.0. The molecule has 1 aromatic rings. The number of carbonyl (C=O) groups is 3. The highest BCUT2D eigenvalue weighted by Crippen LogP contribution is 2.39. The molecule has 3 N–H and O–H groups in total. The van der Waals surface area contributed by atoms with Gasteiger partial charge in [-0.25, -0.2) is 9.78 Å². The van der Waals surface area contributed by atoms with E-state index in [2.05, 4.69) is 10.3 Å². The van der Waals surface area contributed by atoms with E-state index >= 15 is 0 Å². The number of carbonyl (C=O) groups excluding carboxylic acids is 3. The van der Waals surface area contributed by atoms with Crippen LogP contribution in [0.1, 0.15) is 84.3 Å². The first kappa shape index (κ1) is 31.2. The zero-order valence-electron chi connectivity index (χ0n) is 24.3. The minimum atomic E-state index is -1.28. The van der Waals surface area contributed by atoms with Gasteiger partial charge >= 0.3 is 12.0 Å². The van der Waals surface area contributed by atoms with Gasteiger partial charge in [0.05, 0.1) is 46.8 Å². The molecule has 3 rings (SSSR count). The largest absolute Gasteiger partial charge is 0.458 e. The van der Waals surface area contributed by atoms with Gasteiger partial charge in [-0.05, 0) is 51.2 Å². The van der Waals surface area contributed by atoms with Gasteiger partial charge in [0, 0.05) is 24.3 Å². The van der Waals surface area contributed by atoms with Gasteiger partial charge in [0.25, 0.3) is 0 Å². The van der Waals surface area contributed by atoms with E-state index in [9.17, 15) is 24.6 Å². The van der Waals surface area contributed by atoms with E-state index in [-0.39, 0.29) is 36.2 Å². The second kappa shape index (κ2) is 12.9. The number of hydrogen-bond acceptors (Lipinski definition) is 8. The van der Waals surface area contributed by atoms with Crippen molar-refractivity contribution in [1.82, 2.24) is 15.2 Å². The van der Waals surface area contributed by atoms with Gasteiger partial charge in [0.1, 0.15) is 11.9 Å². The van der Waals surface area contributed by atoms with Crippen molar-refractivity contribution in [2.45, 2.75) is 111 Å². The molecule has 1 aromatic heterocycles. The van der Waals surface area contributed by atoms with Crippen LogP contribution < -0.4 is 5.32 Å². The number of cyclic esters (lactones) is 1. The maximum absolute atomic E-state index is 13.3. The number of urea groups is 1. The third-order valence-corrected chi connectivity index (χ3v) is 9.17. The summed E-state index contributed by atoms with van der Waals surface area (Å²) in [7, 11) is 0. The second-order valence-electron chi connectivity index (χ2n) is 11.8. The molecule has 0 spiro atoms. The first-order valence-corrected chi connectivity index (χ1v) is 14.9. The summed E-state index contributed by atoms with van der Waals surface area (Å²) in [6, 6.07) is -0.255. The number of Topliss-reactive ketones (excluding diaryl/α,β-unsaturated/α-hetero) is 1. The predicted molar refractivity (Wildman–Crippen MR) is 151 cm³/mol. The number of ketones is 1. The molecule has 0 bridgehead atoms. The topological polar surface area (TPSA) is 129 Å². The molecule has 2 fully saturated rings. The maximum atomic E-state index is 13.3. The fourth-order valence-corrected chi connectivity index (χ4v) is 6.21. The zero-order chi connectivity index (χ0) is 29.1. The van der Waals surface area contributed by atoms with E-state index in [1.165, 1.54) is 11.3 Å². The van der Waals surface area contributed by atoms with Gasteiger partial charge in [0.15, 0.2) is 0 Å². The average Bonchev–Trinajstić information content (AvgIpc) is 3.39. The number of aliphatic hydroxyl groups excluding tert-OH is 2. The van der Waals surface area contributed by atoms with Crippen molar-refractivity contribution in [2.24, 2.45) is 17.3 Å². The molecular weight excluding hydrogens is 518 g/mol. The number of ether oxygens (including phenoxy) is 1. The molecule has 0 unspecified atom stereocenters. The van der Waals surface area contributed by atoms with E-state index in [0.29, 0.717) is 19.4 Å². The van der Waals surface area contributed by atoms with Crippen LogP contribution in [0.4, 0.5) is 4.79 Å². The van der Waals surface area contributed by atoms with Gasteiger partial charge in [-0.3, -0.25) is 9.59 Å². The van der Waals surface area contributed by atoms with E-state index in [4.69, 9.17) is 4.74 Å². The third-order valence-electron chi connectivity index (χ3n) is 8.38. The van der Waals surface area contributed by atoms with Crippen LogP contribution in [0.5, 0.6) is 0 Å². The minimum Gasteiger partial charge on any atom is -0.458 e. The van der Waals surface area contributed by atoms with Gasteiger partial charge in [-0.2, -0.15) is 0 Å². The Hall–Kier alpha value is -2.30. The highest BCUT2D eigenvalue weighted by molar-refractivity contribution is 7.09. The number of nitrogens with one attached hydrogen (secondary N) is 1. The summed E-state index contributed by atoms with van der Waals surface area (Å²) in [4.78, 5) is 45.6. The van der Waals surface area contributed by atoms with Crippen LogP contribution in [0.25, 0.3) is 6.08 Å². The van der Waals surface area contributed by atoms with Crippen molar-refractivity contribution in [1.29, 1.82) is 0 Å². The number of hydrogen-bond donors (Lipinski definition) is 3. The number of nitrogens with zero attached hydrogens (tertiary/aromatic N) is 2. The molecule has 218 valence electrons. The molecular formula is C29H45N3O6S. The Kier molecular flexibility index (Phi) is 10.3. The molecule has 0 saturated carbocycles. The van der Waals surface area contributed by atoms with Gasteiger partial charge in [0.2, 0.25) is 0 Å². The SMILES string of the molecule is CCNC(=O)N1[C@@H]2CCC[C@H](C)[C@H](O)[C@@H](C)C(=O)C(C)(C)[C@@H](O)CC(=O)O[C@H](C(C)=Cc3csc(C)n3)C[C@@H]21. The number of thiazole rings is 1. The predicted octanol–water partition coefficient (Wildman–Crippen LogP) is 4.10. The first-order valence-electron chi connectivity index (χ1n) is 14.0. The van der Waals surface area contributed by atoms with Gasteiger partial charge in [-0.1, -0.05) is 34.1 Å². The molecule has 0 radical (unpaired) electrons. The second-order valence-corrected chi connectivity index (χ2v) is 12.8. The Bertz CT molecular complexity index is 1070. The van der Waals surface area contributed by atoms with Crippen molar-refractivity contribution >= 4 is 35.2 Å². The molecule has 9 nitrogen and oxygen atoms in total. The Morgan fingerprint density at radius 3 is 2.56 bits per heavy atom. The van der Waals surface area contributed by atoms with Crippen LogP contribution in [-0.2, 0) is 14.3 Å². The van der Waals surface area contributed by atoms with Crippen molar-refractivity contribution in [3.63, 3.8) is 0 Å². The number of aromatic nitrogens is 1. The number of fused-ring (bicyclic) bond motifs is 1. The molecule has 7 atom stereocenters. The van der Waals surface area contributed by atoms with Gasteiger partial charge in [-0.15, -0.1) is 11.3 Å². The Morgan fingerprint density at radius 1 is 1.26 bits per heavy atom. The fourth-order valence-electron chi connectivity index (χ4n) is 5.64. The van der Waals surface area contributed by atoms with Gasteiger partial charge < -0.3 is 25.2 Å². The molecule has 0 aromatic carbocycles. The molecule has 2 saturated heterocycles. The third kappa shape index (κ3) is 7.46. The molecule has 39 heavy (non-hydrogen) atoms. The van der Waals surface area contributed by atoms with E-state index < -0.39 is 35.6 Å². The smallest absolute Gasteiger partial charge is 0.318 e. The summed E-state index contributed by atoms with van der Waals surface area (Å²) in [5, 5.41) is 27.6. The Balaban J connectivity index is 1.92. The molecule has 2 aliphatic heterocycles. The lowest BCUT2D eigenvalue weighted by Crippen LogP contribution is -2.45. The molecule has 10 heteroatoms. The number of aliphatic hydroxyl groups is 2. The number of aryl methyl sites for hydroxylation is 1. The Labute approximate surface area is 236 Å². The lowest BCUT2D eigenvalue weighted by molar-refractivity contribution is -0.154. The first-order chi connectivity index (χ1) is 18.3. The van der Waals surface area contributed by atoms with Crippen LogP contribution in [0, 0.1) is 24.2 Å². The summed E-state index contributed by atoms with van der Waals surface area (Å²) in [5.74, 6) is -1.74. The zero-order valence-corrected chi connectivity index (χ0v) is 25.1. The van der Waals surface area contributed by atoms with Crippen LogP contribution in [-0.4, -0.2) is 74.8 Å². The summed E-state index contributed by atoms with van der Waals surface area (Å²) >= 11 is 1.53. The minimum absolute atomic E-state index is 0.00658. The normalized spacial score (nSPS) is 32.8. The van der Waals surface area contributed by atoms with E-state index in [0.717, 1.165) is 29.1 Å². The van der Waals surface area contributed by atoms with Crippen LogP contribution >= 0.6 is 11.3 Å². The summed E-state index contributed by atoms with van der Waals surface area (Å²) < 4.78 is 5.93. The number of esters is 1. The lowest BCUT2D eigenvalue weighted by atomic mass is 9.73.